The molecule has 0 bridgehead atoms. The van der Waals surface area contributed by atoms with E-state index in [2.05, 4.69) is 27.4 Å². The van der Waals surface area contributed by atoms with Crippen LogP contribution < -0.4 is 10.9 Å². The molecule has 0 radical (unpaired) electrons. The third kappa shape index (κ3) is 3.31. The number of nitrogens with one attached hydrogen (secondary N) is 2. The summed E-state index contributed by atoms with van der Waals surface area (Å²) in [6.45, 7) is 7.49. The Morgan fingerprint density at radius 3 is 2.68 bits per heavy atom. The zero-order valence-corrected chi connectivity index (χ0v) is 18.1. The lowest BCUT2D eigenvalue weighted by Gasteiger charge is -2.36. The molecule has 5 rings (SSSR count). The van der Waals surface area contributed by atoms with Crippen LogP contribution in [0.25, 0.3) is 22.0 Å². The fourth-order valence-corrected chi connectivity index (χ4v) is 4.05. The molecule has 0 atom stereocenters. The molecule has 1 aliphatic heterocycles. The van der Waals surface area contributed by atoms with Gasteiger partial charge in [-0.3, -0.25) is 14.9 Å². The molecule has 1 saturated heterocycles. The summed E-state index contributed by atoms with van der Waals surface area (Å²) in [4.78, 5) is 17.6. The fraction of sp³-hybridized carbons (Fsp3) is 0.292. The van der Waals surface area contributed by atoms with E-state index in [0.717, 1.165) is 44.9 Å². The van der Waals surface area contributed by atoms with Gasteiger partial charge in [-0.05, 0) is 56.2 Å². The number of pyridine rings is 2. The van der Waals surface area contributed by atoms with E-state index in [1.54, 1.807) is 11.6 Å². The summed E-state index contributed by atoms with van der Waals surface area (Å²) < 4.78 is 7.05. The van der Waals surface area contributed by atoms with Crippen molar-refractivity contribution in [3.05, 3.63) is 69.9 Å². The molecule has 1 fully saturated rings. The van der Waals surface area contributed by atoms with Gasteiger partial charge < -0.3 is 14.6 Å². The van der Waals surface area contributed by atoms with Crippen LogP contribution in [0.5, 0.6) is 0 Å². The summed E-state index contributed by atoms with van der Waals surface area (Å²) in [6, 6.07) is 11.9. The van der Waals surface area contributed by atoms with E-state index in [9.17, 15) is 4.79 Å². The van der Waals surface area contributed by atoms with Gasteiger partial charge in [0.05, 0.1) is 24.1 Å². The summed E-state index contributed by atoms with van der Waals surface area (Å²) in [5.74, 6) is 0.740. The second kappa shape index (κ2) is 7.06. The molecule has 0 spiro atoms. The molecular weight excluding hydrogens is 390 g/mol. The minimum atomic E-state index is -0.0293. The Bertz CT molecular complexity index is 1360. The molecule has 0 saturated carbocycles. The number of hydrogen-bond acceptors (Lipinski definition) is 5. The summed E-state index contributed by atoms with van der Waals surface area (Å²) >= 11 is 0. The number of rotatable bonds is 4. The van der Waals surface area contributed by atoms with E-state index in [0.29, 0.717) is 18.8 Å². The highest BCUT2D eigenvalue weighted by atomic mass is 16.5. The Labute approximate surface area is 180 Å². The van der Waals surface area contributed by atoms with Crippen molar-refractivity contribution < 1.29 is 4.74 Å². The molecule has 0 unspecified atom stereocenters. The van der Waals surface area contributed by atoms with Crippen LogP contribution in [-0.4, -0.2) is 33.0 Å². The predicted octanol–water partition coefficient (Wildman–Crippen LogP) is 3.97. The first-order chi connectivity index (χ1) is 14.8. The molecular formula is C24H25N5O2. The number of aromatic amines is 1. The Hall–Kier alpha value is -3.45. The summed E-state index contributed by atoms with van der Waals surface area (Å²) in [6.07, 6.45) is 1.82. The third-order valence-electron chi connectivity index (χ3n) is 6.11. The lowest BCUT2D eigenvalue weighted by Crippen LogP contribution is -2.44. The van der Waals surface area contributed by atoms with Crippen LogP contribution in [0.4, 0.5) is 11.5 Å². The lowest BCUT2D eigenvalue weighted by atomic mass is 9.85. The van der Waals surface area contributed by atoms with Crippen LogP contribution in [0.15, 0.2) is 47.4 Å². The number of anilines is 2. The zero-order chi connectivity index (χ0) is 21.8. The molecule has 4 aromatic rings. The summed E-state index contributed by atoms with van der Waals surface area (Å²) in [5, 5.41) is 11.8. The monoisotopic (exact) mass is 415 g/mol. The van der Waals surface area contributed by atoms with Gasteiger partial charge in [-0.2, -0.15) is 5.10 Å². The van der Waals surface area contributed by atoms with Crippen LogP contribution in [0.3, 0.4) is 0 Å². The number of H-pyrrole nitrogens is 1. The SMILES string of the molecule is Cc1cc2c(cn1)cc(-c1cc(Nc3cc(C4(C)COC4)[nH]n3)ccc1C)c(=O)n2C. The lowest BCUT2D eigenvalue weighted by molar-refractivity contribution is -0.0521. The Morgan fingerprint density at radius 1 is 1.13 bits per heavy atom. The quantitative estimate of drug-likeness (QED) is 0.527. The highest BCUT2D eigenvalue weighted by Crippen LogP contribution is 2.32. The molecule has 31 heavy (non-hydrogen) atoms. The van der Waals surface area contributed by atoms with E-state index in [4.69, 9.17) is 4.74 Å². The van der Waals surface area contributed by atoms with Gasteiger partial charge in [0.25, 0.3) is 5.56 Å². The van der Waals surface area contributed by atoms with E-state index in [1.165, 1.54) is 0 Å². The van der Waals surface area contributed by atoms with Crippen molar-refractivity contribution in [1.29, 1.82) is 0 Å². The van der Waals surface area contributed by atoms with Crippen molar-refractivity contribution in [2.24, 2.45) is 7.05 Å². The first-order valence-electron chi connectivity index (χ1n) is 10.3. The number of hydrogen-bond donors (Lipinski definition) is 2. The predicted molar refractivity (Wildman–Crippen MR) is 122 cm³/mol. The highest BCUT2D eigenvalue weighted by molar-refractivity contribution is 5.85. The first-order valence-corrected chi connectivity index (χ1v) is 10.3. The zero-order valence-electron chi connectivity index (χ0n) is 18.1. The molecule has 7 nitrogen and oxygen atoms in total. The van der Waals surface area contributed by atoms with Gasteiger partial charge in [-0.25, -0.2) is 0 Å². The fourth-order valence-electron chi connectivity index (χ4n) is 4.05. The average molecular weight is 415 g/mol. The van der Waals surface area contributed by atoms with Crippen molar-refractivity contribution in [3.63, 3.8) is 0 Å². The van der Waals surface area contributed by atoms with Crippen LogP contribution >= 0.6 is 0 Å². The van der Waals surface area contributed by atoms with Crippen LogP contribution in [0.2, 0.25) is 0 Å². The van der Waals surface area contributed by atoms with Gasteiger partial charge in [0.15, 0.2) is 5.82 Å². The van der Waals surface area contributed by atoms with Crippen molar-refractivity contribution in [2.75, 3.05) is 18.5 Å². The van der Waals surface area contributed by atoms with Gasteiger partial charge in [0.1, 0.15) is 0 Å². The second-order valence-corrected chi connectivity index (χ2v) is 8.68. The van der Waals surface area contributed by atoms with Gasteiger partial charge in [0.2, 0.25) is 0 Å². The molecule has 158 valence electrons. The first kappa shape index (κ1) is 19.5. The Morgan fingerprint density at radius 2 is 1.94 bits per heavy atom. The number of fused-ring (bicyclic) bond motifs is 1. The largest absolute Gasteiger partial charge is 0.379 e. The highest BCUT2D eigenvalue weighted by Gasteiger charge is 2.37. The van der Waals surface area contributed by atoms with Crippen molar-refractivity contribution in [2.45, 2.75) is 26.2 Å². The molecule has 0 aliphatic carbocycles. The Kier molecular flexibility index (Phi) is 4.44. The molecule has 0 amide bonds. The summed E-state index contributed by atoms with van der Waals surface area (Å²) in [7, 11) is 1.81. The minimum Gasteiger partial charge on any atom is -0.379 e. The van der Waals surface area contributed by atoms with Crippen molar-refractivity contribution >= 4 is 22.4 Å². The number of benzene rings is 1. The standard InChI is InChI=1S/C24H25N5O2/c1-14-5-6-17(26-22-10-21(27-28-22)24(3)12-31-13-24)9-18(14)19-8-16-11-25-15(2)7-20(16)29(4)23(19)30/h5-11H,12-13H2,1-4H3,(H2,26,27,28). The maximum Gasteiger partial charge on any atom is 0.258 e. The molecule has 2 N–H and O–H groups in total. The molecule has 1 aromatic carbocycles. The van der Waals surface area contributed by atoms with E-state index in [-0.39, 0.29) is 11.0 Å². The topological polar surface area (TPSA) is 84.8 Å². The minimum absolute atomic E-state index is 0.00490. The van der Waals surface area contributed by atoms with Gasteiger partial charge in [-0.15, -0.1) is 0 Å². The van der Waals surface area contributed by atoms with Crippen molar-refractivity contribution in [3.8, 4) is 11.1 Å². The molecule has 7 heteroatoms. The molecule has 3 aromatic heterocycles. The number of nitrogens with zero attached hydrogens (tertiary/aromatic N) is 3. The maximum absolute atomic E-state index is 13.2. The summed E-state index contributed by atoms with van der Waals surface area (Å²) in [5.41, 5.74) is 6.24. The van der Waals surface area contributed by atoms with Gasteiger partial charge in [0, 0.05) is 47.3 Å². The van der Waals surface area contributed by atoms with Crippen LogP contribution in [-0.2, 0) is 17.2 Å². The third-order valence-corrected chi connectivity index (χ3v) is 6.11. The molecule has 1 aliphatic rings. The normalized spacial score (nSPS) is 15.1. The van der Waals surface area contributed by atoms with Crippen LogP contribution in [0.1, 0.15) is 23.9 Å². The van der Waals surface area contributed by atoms with Gasteiger partial charge >= 0.3 is 0 Å². The van der Waals surface area contributed by atoms with E-state index >= 15 is 0 Å². The second-order valence-electron chi connectivity index (χ2n) is 8.68. The Balaban J connectivity index is 1.53. The maximum atomic E-state index is 13.2. The van der Waals surface area contributed by atoms with Crippen molar-refractivity contribution in [1.82, 2.24) is 19.7 Å². The molecule has 4 heterocycles. The van der Waals surface area contributed by atoms with E-state index in [1.807, 2.05) is 56.4 Å². The number of aryl methyl sites for hydroxylation is 3. The number of aromatic nitrogens is 4. The van der Waals surface area contributed by atoms with Crippen LogP contribution in [0, 0.1) is 13.8 Å². The van der Waals surface area contributed by atoms with Gasteiger partial charge in [-0.1, -0.05) is 6.07 Å². The van der Waals surface area contributed by atoms with E-state index < -0.39 is 0 Å². The average Bonchev–Trinajstić information content (AvgIpc) is 3.20. The smallest absolute Gasteiger partial charge is 0.258 e. The number of ether oxygens (including phenoxy) is 1.